The zero-order valence-corrected chi connectivity index (χ0v) is 30.8. The number of aliphatic hydroxyl groups is 1. The first kappa shape index (κ1) is 37.9. The van der Waals surface area contributed by atoms with E-state index in [1.165, 1.54) is 0 Å². The van der Waals surface area contributed by atoms with Gasteiger partial charge in [0, 0.05) is 0 Å². The fourth-order valence-electron chi connectivity index (χ4n) is 9.73. The van der Waals surface area contributed by atoms with Crippen LogP contribution in [0.25, 0.3) is 0 Å². The fraction of sp³-hybridized carbons (Fsp3) is 1.00. The van der Waals surface area contributed by atoms with Gasteiger partial charge in [-0.1, -0.05) is 40.5 Å². The summed E-state index contributed by atoms with van der Waals surface area (Å²) in [7, 11) is -9.62. The molecule has 10 atom stereocenters. The predicted molar refractivity (Wildman–Crippen MR) is 139 cm³/mol. The van der Waals surface area contributed by atoms with Gasteiger partial charge in [-0.15, -0.1) is 0 Å². The van der Waals surface area contributed by atoms with Gasteiger partial charge in [-0.25, -0.2) is 16.8 Å². The maximum absolute atomic E-state index is 11.3. The molecule has 4 aliphatic carbocycles. The van der Waals surface area contributed by atoms with Crippen LogP contribution < -0.4 is 59.1 Å². The van der Waals surface area contributed by atoms with Gasteiger partial charge in [0.25, 0.3) is 0 Å². The van der Waals surface area contributed by atoms with Crippen molar-refractivity contribution in [2.24, 2.45) is 52.3 Å². The van der Waals surface area contributed by atoms with Gasteiger partial charge < -0.3 is 14.2 Å². The van der Waals surface area contributed by atoms with E-state index in [9.17, 15) is 31.0 Å². The summed E-state index contributed by atoms with van der Waals surface area (Å²) >= 11 is 0. The van der Waals surface area contributed by atoms with Crippen molar-refractivity contribution in [3.8, 4) is 0 Å². The van der Waals surface area contributed by atoms with Gasteiger partial charge in [0.15, 0.2) is 0 Å². The van der Waals surface area contributed by atoms with Gasteiger partial charge in [0.2, 0.25) is 20.8 Å². The minimum absolute atomic E-state index is 0. The van der Waals surface area contributed by atoms with Gasteiger partial charge in [-0.3, -0.25) is 8.37 Å². The molecule has 4 saturated carbocycles. The Hall–Kier alpha value is 1.70. The molecule has 9 nitrogen and oxygen atoms in total. The average molecular weight is 625 g/mol. The Balaban J connectivity index is 0.00000280. The molecule has 0 bridgehead atoms. The Kier molecular flexibility index (Phi) is 13.7. The normalized spacial score (nSPS) is 40.2. The maximum Gasteiger partial charge on any atom is 1.00 e. The second kappa shape index (κ2) is 14.4. The van der Waals surface area contributed by atoms with Gasteiger partial charge >= 0.3 is 59.1 Å². The summed E-state index contributed by atoms with van der Waals surface area (Å²) in [4.78, 5) is 0. The van der Waals surface area contributed by atoms with E-state index in [1.807, 2.05) is 0 Å². The molecule has 0 heterocycles. The number of hydrogen-bond acceptors (Lipinski definition) is 9. The molecular weight excluding hydrogens is 578 g/mol. The molecule has 0 aromatic rings. The number of aliphatic hydroxyl groups excluding tert-OH is 1. The Bertz CT molecular complexity index is 1060. The van der Waals surface area contributed by atoms with Crippen molar-refractivity contribution >= 4 is 20.8 Å². The average Bonchev–Trinajstić information content (AvgIpc) is 3.14. The van der Waals surface area contributed by atoms with Gasteiger partial charge in [0.05, 0.1) is 12.7 Å². The summed E-state index contributed by atoms with van der Waals surface area (Å²) in [5.74, 6) is 2.13. The third-order valence-electron chi connectivity index (χ3n) is 11.4. The predicted octanol–water partition coefficient (Wildman–Crippen LogP) is -1.61. The summed E-state index contributed by atoms with van der Waals surface area (Å²) in [5.41, 5.74) is -0.108. The number of hydrogen-bond donors (Lipinski definition) is 1. The van der Waals surface area contributed by atoms with Crippen LogP contribution in [0.5, 0.6) is 0 Å². The second-order valence-corrected chi connectivity index (χ2v) is 15.7. The molecule has 0 aromatic carbocycles. The zero-order chi connectivity index (χ0) is 28.1. The molecule has 13 heteroatoms. The Morgan fingerprint density at radius 1 is 0.825 bits per heavy atom. The molecule has 0 saturated heterocycles. The molecule has 0 radical (unpaired) electrons. The largest absolute Gasteiger partial charge is 1.00 e. The molecule has 0 aliphatic heterocycles. The fourth-order valence-corrected chi connectivity index (χ4v) is 10.6. The number of fused-ring (bicyclic) bond motifs is 5. The Morgan fingerprint density at radius 2 is 1.43 bits per heavy atom. The van der Waals surface area contributed by atoms with Crippen molar-refractivity contribution in [1.29, 1.82) is 0 Å². The van der Waals surface area contributed by atoms with Gasteiger partial charge in [-0.05, 0) is 110 Å². The summed E-state index contributed by atoms with van der Waals surface area (Å²) in [6, 6.07) is 0. The Morgan fingerprint density at radius 3 is 2.02 bits per heavy atom. The molecule has 4 fully saturated rings. The van der Waals surface area contributed by atoms with Crippen LogP contribution in [0.1, 0.15) is 98.3 Å². The van der Waals surface area contributed by atoms with Crippen LogP contribution in [0.3, 0.4) is 0 Å². The van der Waals surface area contributed by atoms with Crippen molar-refractivity contribution in [2.75, 3.05) is 6.61 Å². The summed E-state index contributed by atoms with van der Waals surface area (Å²) in [6.45, 7) is 8.90. The van der Waals surface area contributed by atoms with Gasteiger partial charge in [-0.2, -0.15) is 0 Å². The molecule has 40 heavy (non-hydrogen) atoms. The van der Waals surface area contributed by atoms with Crippen LogP contribution in [-0.4, -0.2) is 49.9 Å². The van der Waals surface area contributed by atoms with E-state index in [2.05, 4.69) is 27.7 Å². The van der Waals surface area contributed by atoms with E-state index in [-0.39, 0.29) is 88.4 Å². The van der Waals surface area contributed by atoms with Crippen molar-refractivity contribution in [1.82, 2.24) is 0 Å². The third-order valence-corrected chi connectivity index (χ3v) is 12.3. The standard InChI is InChI=1S/C27H48O9S2.2Na/c1-17(2)6-5-7-18(16-35-37(29,30)31)20-10-11-21-19-8-9-23-25(28)24(36-38(32,33)34)13-15-27(23,4)22(19)12-14-26(20,21)3;;/h17-25,28H,5-16H2,1-4H3,(H,29,30,31)(H,32,33,34);;/q;2*+1/p-2/t18-,19-,20+,21-,22-,23-,24+,25+,26+,27+;;/m0../s1. The summed E-state index contributed by atoms with van der Waals surface area (Å²) in [6.07, 6.45) is 7.78. The molecule has 0 aromatic heterocycles. The van der Waals surface area contributed by atoms with Crippen LogP contribution in [0.15, 0.2) is 0 Å². The summed E-state index contributed by atoms with van der Waals surface area (Å²) in [5, 5.41) is 11.1. The van der Waals surface area contributed by atoms with Crippen molar-refractivity contribution in [3.63, 3.8) is 0 Å². The quantitative estimate of drug-likeness (QED) is 0.172. The van der Waals surface area contributed by atoms with Crippen molar-refractivity contribution in [3.05, 3.63) is 0 Å². The third kappa shape index (κ3) is 8.29. The van der Waals surface area contributed by atoms with Gasteiger partial charge in [0.1, 0.15) is 6.10 Å². The molecule has 4 rings (SSSR count). The SMILES string of the molecule is CC(C)CCC[C@@H](COS(=O)(=O)[O-])[C@H]1CC[C@H]2[C@@H]3CC[C@H]4[C@@H](O)[C@H](OS(=O)(=O)[O-])CC[C@]4(C)[C@H]3CC[C@]12C.[Na+].[Na+]. The van der Waals surface area contributed by atoms with Crippen LogP contribution >= 0.6 is 0 Å². The minimum atomic E-state index is -4.88. The van der Waals surface area contributed by atoms with E-state index in [4.69, 9.17) is 8.37 Å². The van der Waals surface area contributed by atoms with E-state index in [0.717, 1.165) is 64.2 Å². The van der Waals surface area contributed by atoms with E-state index < -0.39 is 33.0 Å². The smallest absolute Gasteiger partial charge is 0.726 e. The van der Waals surface area contributed by atoms with Crippen LogP contribution in [0.2, 0.25) is 0 Å². The first-order valence-electron chi connectivity index (χ1n) is 14.5. The molecule has 0 amide bonds. The van der Waals surface area contributed by atoms with Crippen LogP contribution in [-0.2, 0) is 29.2 Å². The molecular formula is C27H46Na2O9S2. The molecule has 1 N–H and O–H groups in total. The van der Waals surface area contributed by atoms with Crippen molar-refractivity contribution in [2.45, 2.75) is 111 Å². The summed E-state index contributed by atoms with van der Waals surface area (Å²) < 4.78 is 77.2. The van der Waals surface area contributed by atoms with Crippen LogP contribution in [0.4, 0.5) is 0 Å². The molecule has 0 unspecified atom stereocenters. The Labute approximate surface area is 286 Å². The van der Waals surface area contributed by atoms with E-state index >= 15 is 0 Å². The first-order valence-corrected chi connectivity index (χ1v) is 17.1. The zero-order valence-electron chi connectivity index (χ0n) is 25.2. The molecule has 0 spiro atoms. The topological polar surface area (TPSA) is 153 Å². The molecule has 4 aliphatic rings. The van der Waals surface area contributed by atoms with E-state index in [1.54, 1.807) is 0 Å². The number of rotatable bonds is 10. The monoisotopic (exact) mass is 624 g/mol. The first-order chi connectivity index (χ1) is 17.6. The minimum Gasteiger partial charge on any atom is -0.726 e. The van der Waals surface area contributed by atoms with Crippen LogP contribution in [0, 0.1) is 52.3 Å². The second-order valence-electron chi connectivity index (χ2n) is 13.6. The maximum atomic E-state index is 11.3. The van der Waals surface area contributed by atoms with E-state index in [0.29, 0.717) is 36.0 Å². The van der Waals surface area contributed by atoms with Crippen molar-refractivity contribution < 1.29 is 98.5 Å². The molecule has 222 valence electrons.